The number of amides is 1. The first-order valence-electron chi connectivity index (χ1n) is 9.39. The molecule has 0 saturated heterocycles. The van der Waals surface area contributed by atoms with Crippen molar-refractivity contribution in [3.8, 4) is 5.69 Å². The summed E-state index contributed by atoms with van der Waals surface area (Å²) in [4.78, 5) is 12.7. The van der Waals surface area contributed by atoms with Crippen molar-refractivity contribution in [2.24, 2.45) is 16.9 Å². The van der Waals surface area contributed by atoms with Gasteiger partial charge in [-0.15, -0.1) is 0 Å². The Labute approximate surface area is 148 Å². The molecule has 4 rings (SSSR count). The van der Waals surface area contributed by atoms with E-state index in [0.29, 0.717) is 5.56 Å². The summed E-state index contributed by atoms with van der Waals surface area (Å²) in [5.74, 6) is 1.53. The molecule has 4 nitrogen and oxygen atoms in total. The zero-order valence-electron chi connectivity index (χ0n) is 14.5. The lowest BCUT2D eigenvalue weighted by Gasteiger charge is -2.35. The van der Waals surface area contributed by atoms with E-state index in [9.17, 15) is 4.79 Å². The van der Waals surface area contributed by atoms with Gasteiger partial charge >= 0.3 is 0 Å². The summed E-state index contributed by atoms with van der Waals surface area (Å²) in [6.07, 6.45) is 12.7. The monoisotopic (exact) mass is 335 g/mol. The van der Waals surface area contributed by atoms with Gasteiger partial charge < -0.3 is 4.57 Å². The Morgan fingerprint density at radius 3 is 2.60 bits per heavy atom. The molecule has 0 radical (unpaired) electrons. The van der Waals surface area contributed by atoms with Crippen molar-refractivity contribution in [3.63, 3.8) is 0 Å². The Kier molecular flexibility index (Phi) is 4.68. The maximum atomic E-state index is 12.7. The standard InChI is InChI=1S/C21H25N3O/c25-21(19-9-3-4-10-20(19)24-13-5-6-14-24)23-22-18-12-11-16-7-1-2-8-17(16)15-18/h3-6,9-10,13-14,16-17H,1-2,7-8,11-12,15H2,(H,23,25)/b22-18+/t16-,17+/m1/s1. The zero-order valence-corrected chi connectivity index (χ0v) is 14.5. The lowest BCUT2D eigenvalue weighted by atomic mass is 9.70. The second-order valence-corrected chi connectivity index (χ2v) is 7.27. The van der Waals surface area contributed by atoms with E-state index in [1.807, 2.05) is 53.4 Å². The Bertz CT molecular complexity index is 763. The summed E-state index contributed by atoms with van der Waals surface area (Å²) < 4.78 is 1.95. The molecule has 25 heavy (non-hydrogen) atoms. The van der Waals surface area contributed by atoms with E-state index in [1.165, 1.54) is 32.1 Å². The summed E-state index contributed by atoms with van der Waals surface area (Å²) in [7, 11) is 0. The molecule has 2 atom stereocenters. The summed E-state index contributed by atoms with van der Waals surface area (Å²) in [5.41, 5.74) is 5.49. The number of nitrogens with one attached hydrogen (secondary N) is 1. The fourth-order valence-corrected chi connectivity index (χ4v) is 4.37. The molecular formula is C21H25N3O. The van der Waals surface area contributed by atoms with Gasteiger partial charge in [0.2, 0.25) is 0 Å². The van der Waals surface area contributed by atoms with E-state index in [0.717, 1.165) is 36.1 Å². The number of carbonyl (C=O) groups excluding carboxylic acids is 1. The van der Waals surface area contributed by atoms with Gasteiger partial charge in [0, 0.05) is 18.1 Å². The molecular weight excluding hydrogens is 310 g/mol. The third kappa shape index (κ3) is 3.53. The molecule has 4 heteroatoms. The first-order chi connectivity index (χ1) is 12.3. The van der Waals surface area contributed by atoms with E-state index in [4.69, 9.17) is 0 Å². The van der Waals surface area contributed by atoms with Gasteiger partial charge in [0.15, 0.2) is 0 Å². The average molecular weight is 335 g/mol. The number of benzene rings is 1. The zero-order chi connectivity index (χ0) is 17.1. The molecule has 1 amide bonds. The minimum absolute atomic E-state index is 0.137. The number of aromatic nitrogens is 1. The highest BCUT2D eigenvalue weighted by atomic mass is 16.2. The van der Waals surface area contributed by atoms with Crippen LogP contribution >= 0.6 is 0 Å². The molecule has 130 valence electrons. The normalized spacial score (nSPS) is 24.7. The number of fused-ring (bicyclic) bond motifs is 1. The van der Waals surface area contributed by atoms with E-state index >= 15 is 0 Å². The minimum Gasteiger partial charge on any atom is -0.323 e. The van der Waals surface area contributed by atoms with Gasteiger partial charge in [-0.05, 0) is 61.8 Å². The van der Waals surface area contributed by atoms with Crippen LogP contribution in [0.25, 0.3) is 5.69 Å². The molecule has 1 aromatic heterocycles. The van der Waals surface area contributed by atoms with Crippen molar-refractivity contribution in [3.05, 3.63) is 54.4 Å². The highest BCUT2D eigenvalue weighted by molar-refractivity contribution is 5.98. The van der Waals surface area contributed by atoms with Crippen molar-refractivity contribution < 1.29 is 4.79 Å². The van der Waals surface area contributed by atoms with Gasteiger partial charge in [-0.25, -0.2) is 5.43 Å². The molecule has 0 spiro atoms. The van der Waals surface area contributed by atoms with Crippen molar-refractivity contribution in [2.45, 2.75) is 44.9 Å². The maximum absolute atomic E-state index is 12.7. The SMILES string of the molecule is O=C(N/N=C1\CC[C@H]2CCCC[C@H]2C1)c1ccccc1-n1cccc1. The van der Waals surface area contributed by atoms with Crippen LogP contribution in [0.4, 0.5) is 0 Å². The first kappa shape index (κ1) is 16.1. The number of hydrogen-bond donors (Lipinski definition) is 1. The highest BCUT2D eigenvalue weighted by Gasteiger charge is 2.30. The van der Waals surface area contributed by atoms with E-state index < -0.39 is 0 Å². The van der Waals surface area contributed by atoms with Crippen molar-refractivity contribution >= 4 is 11.6 Å². The van der Waals surface area contributed by atoms with Crippen LogP contribution in [-0.2, 0) is 0 Å². The van der Waals surface area contributed by atoms with Gasteiger partial charge in [-0.2, -0.15) is 5.10 Å². The van der Waals surface area contributed by atoms with Crippen LogP contribution in [-0.4, -0.2) is 16.2 Å². The molecule has 2 aliphatic rings. The number of hydrogen-bond acceptors (Lipinski definition) is 2. The van der Waals surface area contributed by atoms with Crippen molar-refractivity contribution in [1.29, 1.82) is 0 Å². The topological polar surface area (TPSA) is 46.4 Å². The fraction of sp³-hybridized carbons (Fsp3) is 0.429. The van der Waals surface area contributed by atoms with Gasteiger partial charge in [0.05, 0.1) is 11.3 Å². The predicted molar refractivity (Wildman–Crippen MR) is 100.0 cm³/mol. The van der Waals surface area contributed by atoms with E-state index in [2.05, 4.69) is 10.5 Å². The lowest BCUT2D eigenvalue weighted by molar-refractivity contribution is 0.0954. The molecule has 0 unspecified atom stereocenters. The summed E-state index contributed by atoms with van der Waals surface area (Å²) in [6.45, 7) is 0. The Hall–Kier alpha value is -2.36. The molecule has 2 aliphatic carbocycles. The molecule has 0 bridgehead atoms. The molecule has 1 heterocycles. The number of carbonyl (C=O) groups is 1. The van der Waals surface area contributed by atoms with Crippen LogP contribution in [0.1, 0.15) is 55.3 Å². The minimum atomic E-state index is -0.137. The quantitative estimate of drug-likeness (QED) is 0.822. The van der Waals surface area contributed by atoms with Crippen molar-refractivity contribution in [1.82, 2.24) is 9.99 Å². The molecule has 1 aromatic carbocycles. The maximum Gasteiger partial charge on any atom is 0.273 e. The molecule has 2 aromatic rings. The largest absolute Gasteiger partial charge is 0.323 e. The molecule has 0 aliphatic heterocycles. The van der Waals surface area contributed by atoms with Gasteiger partial charge in [-0.3, -0.25) is 4.79 Å². The summed E-state index contributed by atoms with van der Waals surface area (Å²) in [6, 6.07) is 11.6. The van der Waals surface area contributed by atoms with Gasteiger partial charge in [-0.1, -0.05) is 31.4 Å². The number of nitrogens with zero attached hydrogens (tertiary/aromatic N) is 2. The highest BCUT2D eigenvalue weighted by Crippen LogP contribution is 2.39. The Balaban J connectivity index is 1.46. The molecule has 2 fully saturated rings. The molecule has 1 N–H and O–H groups in total. The Morgan fingerprint density at radius 1 is 1.00 bits per heavy atom. The first-order valence-corrected chi connectivity index (χ1v) is 9.39. The van der Waals surface area contributed by atoms with Crippen LogP contribution in [0.5, 0.6) is 0 Å². The van der Waals surface area contributed by atoms with Crippen LogP contribution in [0.2, 0.25) is 0 Å². The predicted octanol–water partition coefficient (Wildman–Crippen LogP) is 4.55. The van der Waals surface area contributed by atoms with Gasteiger partial charge in [0.25, 0.3) is 5.91 Å². The fourth-order valence-electron chi connectivity index (χ4n) is 4.37. The second kappa shape index (κ2) is 7.26. The third-order valence-electron chi connectivity index (χ3n) is 5.71. The van der Waals surface area contributed by atoms with E-state index in [1.54, 1.807) is 0 Å². The van der Waals surface area contributed by atoms with Crippen LogP contribution < -0.4 is 5.43 Å². The third-order valence-corrected chi connectivity index (χ3v) is 5.71. The molecule has 2 saturated carbocycles. The second-order valence-electron chi connectivity index (χ2n) is 7.27. The smallest absolute Gasteiger partial charge is 0.273 e. The Morgan fingerprint density at radius 2 is 1.76 bits per heavy atom. The lowest BCUT2D eigenvalue weighted by Crippen LogP contribution is -2.30. The van der Waals surface area contributed by atoms with Gasteiger partial charge in [0.1, 0.15) is 0 Å². The van der Waals surface area contributed by atoms with Crippen LogP contribution in [0, 0.1) is 11.8 Å². The van der Waals surface area contributed by atoms with Crippen LogP contribution in [0.15, 0.2) is 53.9 Å². The van der Waals surface area contributed by atoms with Crippen LogP contribution in [0.3, 0.4) is 0 Å². The van der Waals surface area contributed by atoms with Crippen molar-refractivity contribution in [2.75, 3.05) is 0 Å². The number of rotatable bonds is 3. The number of hydrazone groups is 1. The number of para-hydroxylation sites is 1. The van der Waals surface area contributed by atoms with E-state index in [-0.39, 0.29) is 5.91 Å². The summed E-state index contributed by atoms with van der Waals surface area (Å²) in [5, 5.41) is 4.48. The average Bonchev–Trinajstić information content (AvgIpc) is 3.20. The summed E-state index contributed by atoms with van der Waals surface area (Å²) >= 11 is 0.